The van der Waals surface area contributed by atoms with Crippen LogP contribution in [-0.4, -0.2) is 33.4 Å². The Hall–Kier alpha value is -1.27. The Kier molecular flexibility index (Phi) is 9.89. The van der Waals surface area contributed by atoms with Crippen LogP contribution in [0, 0.1) is 0 Å². The Bertz CT molecular complexity index is 257. The van der Waals surface area contributed by atoms with Crippen molar-refractivity contribution in [3.8, 4) is 0 Å². The predicted molar refractivity (Wildman–Crippen MR) is 52.7 cm³/mol. The molecule has 7 heteroatoms. The smallest absolute Gasteiger partial charge is 0.310 e. The maximum Gasteiger partial charge on any atom is 0.310 e. The van der Waals surface area contributed by atoms with Crippen LogP contribution in [0.3, 0.4) is 0 Å². The maximum absolute atomic E-state index is 10.0. The van der Waals surface area contributed by atoms with Gasteiger partial charge in [0.1, 0.15) is 18.0 Å². The molecule has 0 aliphatic rings. The zero-order valence-electron chi connectivity index (χ0n) is 10.3. The zero-order chi connectivity index (χ0) is 14.4. The molecule has 0 heterocycles. The minimum absolute atomic E-state index is 0.151. The molecule has 15 heavy (non-hydrogen) atoms. The van der Waals surface area contributed by atoms with E-state index in [1.165, 1.54) is 13.8 Å². The number of carboxylic acids is 1. The van der Waals surface area contributed by atoms with E-state index in [-0.39, 0.29) is 24.4 Å². The molecule has 0 unspecified atom stereocenters. The zero-order valence-corrected chi connectivity index (χ0v) is 9.04. The van der Waals surface area contributed by atoms with Gasteiger partial charge >= 0.3 is 5.97 Å². The molecule has 88 valence electrons. The lowest BCUT2D eigenvalue weighted by atomic mass is 10.3. The molecule has 3 N–H and O–H groups in total. The number of ketones is 2. The van der Waals surface area contributed by atoms with Crippen LogP contribution in [0.5, 0.6) is 0 Å². The molecule has 0 radical (unpaired) electrons. The van der Waals surface area contributed by atoms with Gasteiger partial charge in [-0.2, -0.15) is 0 Å². The third-order valence-corrected chi connectivity index (χ3v) is 0.915. The molecular weight excluding hydrogens is 228 g/mol. The summed E-state index contributed by atoms with van der Waals surface area (Å²) in [7, 11) is 0. The van der Waals surface area contributed by atoms with Gasteiger partial charge in [-0.15, -0.1) is 0 Å². The fourth-order valence-electron chi connectivity index (χ4n) is 0.399. The van der Waals surface area contributed by atoms with Gasteiger partial charge in [-0.25, -0.2) is 0 Å². The normalized spacial score (nSPS) is 8.80. The molecule has 0 fully saturated rings. The van der Waals surface area contributed by atoms with E-state index >= 15 is 0 Å². The lowest BCUT2D eigenvalue weighted by molar-refractivity contribution is -0.139. The topological polar surface area (TPSA) is 120 Å². The van der Waals surface area contributed by atoms with Gasteiger partial charge in [-0.1, -0.05) is 0 Å². The second-order valence-electron chi connectivity index (χ2n) is 2.48. The average molecular weight is 243 g/mol. The number of hydrogen-bond donors (Lipinski definition) is 1. The fourth-order valence-corrected chi connectivity index (χ4v) is 0.587. The SMILES string of the molecule is CC(=O)CC(=O)Cl.[2H]O.[2H]OC(=O)CC(C)=O. The van der Waals surface area contributed by atoms with Crippen LogP contribution in [0.1, 0.15) is 28.1 Å². The lowest BCUT2D eigenvalue weighted by Crippen LogP contribution is -2.00. The monoisotopic (exact) mass is 242 g/mol. The number of carbonyl (C=O) groups excluding carboxylic acids is 3. The summed E-state index contributed by atoms with van der Waals surface area (Å²) >= 11 is 4.81. The molecule has 0 atom stereocenters. The predicted octanol–water partition coefficient (Wildman–Crippen LogP) is -0.0437. The van der Waals surface area contributed by atoms with E-state index in [9.17, 15) is 19.2 Å². The molecular formula is C8H13ClO6. The number of carbonyl (C=O) groups is 4. The first-order valence-electron chi connectivity index (χ1n) is 4.48. The van der Waals surface area contributed by atoms with Crippen molar-refractivity contribution in [1.29, 1.82) is 1.43 Å². The molecule has 6 nitrogen and oxygen atoms in total. The van der Waals surface area contributed by atoms with Crippen molar-refractivity contribution < 1.29 is 31.2 Å². The summed E-state index contributed by atoms with van der Waals surface area (Å²) in [6.45, 7) is 2.58. The Morgan fingerprint density at radius 1 is 1.20 bits per heavy atom. The Labute approximate surface area is 94.5 Å². The van der Waals surface area contributed by atoms with Crippen LogP contribution in [0.15, 0.2) is 0 Å². The van der Waals surface area contributed by atoms with Gasteiger partial charge in [0.25, 0.3) is 1.43 Å². The largest absolute Gasteiger partial charge is 0.481 e. The van der Waals surface area contributed by atoms with E-state index in [0.717, 1.165) is 0 Å². The minimum Gasteiger partial charge on any atom is -0.481 e. The van der Waals surface area contributed by atoms with Crippen molar-refractivity contribution in [2.45, 2.75) is 26.7 Å². The van der Waals surface area contributed by atoms with E-state index in [1.54, 1.807) is 0 Å². The minimum atomic E-state index is -0.808. The Balaban J connectivity index is -0.000000202. The Morgan fingerprint density at radius 2 is 1.60 bits per heavy atom. The van der Waals surface area contributed by atoms with E-state index < -0.39 is 11.2 Å². The van der Waals surface area contributed by atoms with Crippen LogP contribution in [0.2, 0.25) is 0 Å². The van der Waals surface area contributed by atoms with Crippen LogP contribution in [-0.2, 0) is 19.2 Å². The van der Waals surface area contributed by atoms with Crippen molar-refractivity contribution >= 4 is 34.4 Å². The first-order valence-corrected chi connectivity index (χ1v) is 4.00. The van der Waals surface area contributed by atoms with Gasteiger partial charge in [-0.05, 0) is 25.4 Å². The molecule has 0 bridgehead atoms. The average Bonchev–Trinajstić information content (AvgIpc) is 2.18. The number of aliphatic carboxylic acids is 1. The van der Waals surface area contributed by atoms with Gasteiger partial charge < -0.3 is 10.6 Å². The van der Waals surface area contributed by atoms with Crippen molar-refractivity contribution in [2.75, 3.05) is 0 Å². The second kappa shape index (κ2) is 10.8. The van der Waals surface area contributed by atoms with E-state index in [2.05, 4.69) is 5.11 Å². The first-order chi connectivity index (χ1) is 7.79. The number of hydrogen-bond acceptors (Lipinski definition) is 5. The summed E-state index contributed by atoms with van der Waals surface area (Å²) in [5.41, 5.74) is 6.25. The molecule has 0 spiro atoms. The molecule has 0 aromatic carbocycles. The summed E-state index contributed by atoms with van der Waals surface area (Å²) in [5, 5.41) is 2.86. The fraction of sp³-hybridized carbons (Fsp3) is 0.500. The maximum atomic E-state index is 10.0. The van der Waals surface area contributed by atoms with Crippen molar-refractivity contribution in [3.63, 3.8) is 0 Å². The van der Waals surface area contributed by atoms with Crippen LogP contribution in [0.25, 0.3) is 1.43 Å². The number of carboxylic acid groups (broad SMARTS) is 1. The lowest BCUT2D eigenvalue weighted by Gasteiger charge is -1.80. The third-order valence-electron chi connectivity index (χ3n) is 0.781. The molecule has 0 aliphatic carbocycles. The van der Waals surface area contributed by atoms with Gasteiger partial charge in [0, 0.05) is 0 Å². The summed E-state index contributed by atoms with van der Waals surface area (Å²) in [5.74, 6) is -1.29. The van der Waals surface area contributed by atoms with Crippen LogP contribution >= 0.6 is 11.6 Å². The molecule has 0 aromatic heterocycles. The molecule has 0 aliphatic heterocycles. The highest BCUT2D eigenvalue weighted by Gasteiger charge is 1.98. The van der Waals surface area contributed by atoms with Gasteiger partial charge in [-0.3, -0.25) is 19.2 Å². The van der Waals surface area contributed by atoms with Crippen molar-refractivity contribution in [3.05, 3.63) is 0 Å². The molecule has 0 amide bonds. The third kappa shape index (κ3) is 32.4. The number of Topliss-reactive ketones (excluding diaryl/α,β-unsaturated/α-hetero) is 2. The second-order valence-corrected chi connectivity index (χ2v) is 2.91. The highest BCUT2D eigenvalue weighted by molar-refractivity contribution is 6.64. The molecule has 0 saturated heterocycles. The standard InChI is InChI=1S/C4H5ClO2.C4H6O3.H2O/c1-3(6)2-4(5)7;1-3(5)2-4(6)7;/h2H2,1H3;2H2,1H3,(H,6,7);1H2/i/hD2. The van der Waals surface area contributed by atoms with Crippen LogP contribution in [0.4, 0.5) is 0 Å². The van der Waals surface area contributed by atoms with Gasteiger partial charge in [0.15, 0.2) is 0 Å². The number of rotatable bonds is 4. The summed E-state index contributed by atoms with van der Waals surface area (Å²) in [6, 6.07) is 0. The van der Waals surface area contributed by atoms with Crippen LogP contribution < -0.4 is 0 Å². The molecule has 0 saturated carbocycles. The van der Waals surface area contributed by atoms with E-state index in [1.807, 2.05) is 0 Å². The molecule has 0 aromatic rings. The highest BCUT2D eigenvalue weighted by Crippen LogP contribution is 1.87. The van der Waals surface area contributed by atoms with E-state index in [4.69, 9.17) is 19.9 Å². The van der Waals surface area contributed by atoms with Gasteiger partial charge in [0.2, 0.25) is 6.67 Å². The summed E-state index contributed by atoms with van der Waals surface area (Å²) < 4.78 is 10.8. The van der Waals surface area contributed by atoms with Gasteiger partial charge in [0.05, 0.1) is 6.42 Å². The molecule has 0 rings (SSSR count). The quantitative estimate of drug-likeness (QED) is 0.548. The van der Waals surface area contributed by atoms with Crippen molar-refractivity contribution in [2.24, 2.45) is 0 Å². The van der Waals surface area contributed by atoms with Crippen molar-refractivity contribution in [1.82, 2.24) is 0 Å². The summed E-state index contributed by atoms with van der Waals surface area (Å²) in [4.78, 5) is 39.8. The van der Waals surface area contributed by atoms with E-state index in [0.29, 0.717) is 0 Å². The first kappa shape index (κ1) is 13.7. The Morgan fingerprint density at radius 3 is 1.67 bits per heavy atom. The highest BCUT2D eigenvalue weighted by atomic mass is 35.5. The summed E-state index contributed by atoms with van der Waals surface area (Å²) in [6.07, 6.45) is -0.453. The number of halogens is 1.